The average Bonchev–Trinajstić information content (AvgIpc) is 3.17. The topological polar surface area (TPSA) is 136 Å². The maximum absolute atomic E-state index is 13.5. The van der Waals surface area contributed by atoms with E-state index in [1.54, 1.807) is 31.2 Å². The van der Waals surface area contributed by atoms with E-state index >= 15 is 0 Å². The summed E-state index contributed by atoms with van der Waals surface area (Å²) in [6.45, 7) is 4.69. The van der Waals surface area contributed by atoms with Gasteiger partial charge in [0, 0.05) is 43.2 Å². The van der Waals surface area contributed by atoms with Crippen LogP contribution in [0.3, 0.4) is 0 Å². The van der Waals surface area contributed by atoms with Crippen LogP contribution in [0.25, 0.3) is 0 Å². The number of benzene rings is 2. The van der Waals surface area contributed by atoms with Crippen molar-refractivity contribution in [1.29, 1.82) is 0 Å². The predicted octanol–water partition coefficient (Wildman–Crippen LogP) is 4.06. The molecule has 0 saturated heterocycles. The lowest BCUT2D eigenvalue weighted by molar-refractivity contribution is -0.163. The largest absolute Gasteiger partial charge is 0.490 e. The minimum absolute atomic E-state index is 0.109. The van der Waals surface area contributed by atoms with Gasteiger partial charge in [0.15, 0.2) is 6.10 Å². The van der Waals surface area contributed by atoms with Crippen LogP contribution in [0.1, 0.15) is 67.4 Å². The first-order chi connectivity index (χ1) is 22.6. The van der Waals surface area contributed by atoms with Crippen molar-refractivity contribution in [2.75, 3.05) is 38.7 Å². The Morgan fingerprint density at radius 3 is 2.65 bits per heavy atom. The number of hydrogen-bond acceptors (Lipinski definition) is 8. The van der Waals surface area contributed by atoms with Gasteiger partial charge in [0.2, 0.25) is 10.0 Å². The Labute approximate surface area is 288 Å². The van der Waals surface area contributed by atoms with Gasteiger partial charge in [-0.05, 0) is 105 Å². The third-order valence-corrected chi connectivity index (χ3v) is 13.4. The minimum atomic E-state index is -4.08. The van der Waals surface area contributed by atoms with Crippen molar-refractivity contribution in [2.45, 2.75) is 74.7 Å². The number of fused-ring (bicyclic) bond motifs is 4. The van der Waals surface area contributed by atoms with Crippen LogP contribution < -0.4 is 14.4 Å². The van der Waals surface area contributed by atoms with Gasteiger partial charge in [-0.3, -0.25) is 9.59 Å². The average molecular weight is 700 g/mol. The second-order valence-electron chi connectivity index (χ2n) is 14.6. The molecule has 0 aromatic heterocycles. The molecule has 4 aliphatic rings. The number of hydrogen-bond donors (Lipinski definition) is 3. The van der Waals surface area contributed by atoms with Crippen LogP contribution in [0, 0.1) is 17.8 Å². The molecule has 0 radical (unpaired) electrons. The molecule has 0 unspecified atom stereocenters. The van der Waals surface area contributed by atoms with Gasteiger partial charge in [-0.15, -0.1) is 0 Å². The number of likely N-dealkylation sites (N-methyl/N-ethyl adjacent to an activating group) is 1. The summed E-state index contributed by atoms with van der Waals surface area (Å²) in [4.78, 5) is 30.1. The summed E-state index contributed by atoms with van der Waals surface area (Å²) in [6.07, 6.45) is 5.76. The predicted molar refractivity (Wildman–Crippen MR) is 185 cm³/mol. The highest BCUT2D eigenvalue weighted by Crippen LogP contribution is 2.49. The fourth-order valence-electron chi connectivity index (χ4n) is 8.04. The van der Waals surface area contributed by atoms with Crippen molar-refractivity contribution in [3.63, 3.8) is 0 Å². The van der Waals surface area contributed by atoms with E-state index in [0.717, 1.165) is 25.7 Å². The summed E-state index contributed by atoms with van der Waals surface area (Å²) in [5.41, 5.74) is 0.917. The quantitative estimate of drug-likeness (QED) is 0.400. The number of aliphatic hydroxyl groups excluding tert-OH is 1. The normalized spacial score (nSPS) is 32.7. The van der Waals surface area contributed by atoms with Gasteiger partial charge in [-0.25, -0.2) is 13.1 Å². The Balaban J connectivity index is 1.47. The van der Waals surface area contributed by atoms with Crippen LogP contribution in [0.5, 0.6) is 5.75 Å². The number of aryl methyl sites for hydroxylation is 1. The van der Waals surface area contributed by atoms with Crippen molar-refractivity contribution in [3.05, 3.63) is 70.3 Å². The van der Waals surface area contributed by atoms with Crippen molar-refractivity contribution in [3.8, 4) is 5.75 Å². The number of rotatable bonds is 2. The van der Waals surface area contributed by atoms with Gasteiger partial charge in [-0.1, -0.05) is 36.7 Å². The van der Waals surface area contributed by atoms with Gasteiger partial charge >= 0.3 is 0 Å². The number of carbonyl (C=O) groups is 2. The van der Waals surface area contributed by atoms with E-state index in [4.69, 9.17) is 16.3 Å². The number of ether oxygens (including phenoxy) is 1. The van der Waals surface area contributed by atoms with Crippen LogP contribution in [0.4, 0.5) is 5.69 Å². The molecule has 1 fully saturated rings. The van der Waals surface area contributed by atoms with Crippen LogP contribution in [0.15, 0.2) is 48.6 Å². The van der Waals surface area contributed by atoms with E-state index in [9.17, 15) is 28.2 Å². The second-order valence-corrected chi connectivity index (χ2v) is 17.0. The van der Waals surface area contributed by atoms with Crippen molar-refractivity contribution in [1.82, 2.24) is 9.62 Å². The van der Waals surface area contributed by atoms with Gasteiger partial charge in [0.25, 0.3) is 11.8 Å². The zero-order chi connectivity index (χ0) is 34.6. The molecule has 1 saturated carbocycles. The molecule has 48 heavy (non-hydrogen) atoms. The molecule has 2 aromatic rings. The first-order valence-electron chi connectivity index (χ1n) is 16.8. The van der Waals surface area contributed by atoms with E-state index in [1.807, 2.05) is 12.1 Å². The number of allylic oxidation sites excluding steroid dienone is 1. The highest BCUT2D eigenvalue weighted by atomic mass is 35.5. The SMILES string of the molecule is C[C@@H]1[C@@H](C)C/C=C/[C@@](O)([C@@H](O)C(=O)N(C)C)[C@@H]2CC[C@H]2CN2C[C@@]3(CCCc4cc(Cl)ccc43)COc3ccc(cc32)C(=O)NS1(=O)=O. The Morgan fingerprint density at radius 1 is 1.17 bits per heavy atom. The number of aliphatic hydroxyl groups is 2. The number of anilines is 1. The van der Waals surface area contributed by atoms with E-state index < -0.39 is 56.0 Å². The lowest BCUT2D eigenvalue weighted by Gasteiger charge is -2.50. The van der Waals surface area contributed by atoms with Gasteiger partial charge < -0.3 is 24.7 Å². The molecule has 7 atom stereocenters. The number of nitrogens with zero attached hydrogens (tertiary/aromatic N) is 2. The lowest BCUT2D eigenvalue weighted by Crippen LogP contribution is -2.60. The number of nitrogens with one attached hydrogen (secondary N) is 1. The number of sulfonamides is 1. The molecule has 2 aliphatic carbocycles. The maximum atomic E-state index is 13.5. The van der Waals surface area contributed by atoms with E-state index in [1.165, 1.54) is 43.1 Å². The standard InChI is InChI=1S/C36H46ClN3O7S/c1-22-7-5-16-36(44,32(41)34(43)39(3)4)29-12-9-26(29)19-40-20-35(15-6-8-24-17-27(37)11-13-28(24)35)21-47-31-14-10-25(18-30(31)40)33(42)38-48(45,46)23(22)2/h5,10-11,13-14,16-18,22-23,26,29,32,41,44H,6-9,12,15,19-21H2,1-4H3,(H,38,42)/b16-5+/t22-,23+,26-,29+,32-,35-,36-/m0/s1. The summed E-state index contributed by atoms with van der Waals surface area (Å²) in [5.74, 6) is -1.75. The zero-order valence-corrected chi connectivity index (χ0v) is 29.6. The monoisotopic (exact) mass is 699 g/mol. The first-order valence-corrected chi connectivity index (χ1v) is 18.7. The van der Waals surface area contributed by atoms with Gasteiger partial charge in [0.05, 0.1) is 17.5 Å². The number of halogens is 1. The highest BCUT2D eigenvalue weighted by molar-refractivity contribution is 7.90. The molecule has 12 heteroatoms. The van der Waals surface area contributed by atoms with Crippen LogP contribution in [-0.4, -0.2) is 86.1 Å². The molecule has 1 spiro atoms. The maximum Gasteiger partial charge on any atom is 0.264 e. The molecule has 10 nitrogen and oxygen atoms in total. The van der Waals surface area contributed by atoms with E-state index in [0.29, 0.717) is 42.6 Å². The highest BCUT2D eigenvalue weighted by Gasteiger charge is 2.53. The molecule has 2 aliphatic heterocycles. The lowest BCUT2D eigenvalue weighted by atomic mass is 9.62. The minimum Gasteiger partial charge on any atom is -0.490 e. The summed E-state index contributed by atoms with van der Waals surface area (Å²) < 4.78 is 35.6. The molecule has 2 aromatic carbocycles. The third kappa shape index (κ3) is 6.23. The second kappa shape index (κ2) is 13.0. The fraction of sp³-hybridized carbons (Fsp3) is 0.556. The Hall–Kier alpha value is -3.12. The van der Waals surface area contributed by atoms with Gasteiger partial charge in [0.1, 0.15) is 11.4 Å². The van der Waals surface area contributed by atoms with Crippen molar-refractivity contribution in [2.24, 2.45) is 17.8 Å². The molecule has 2 bridgehead atoms. The van der Waals surface area contributed by atoms with E-state index in [2.05, 4.69) is 15.7 Å². The smallest absolute Gasteiger partial charge is 0.264 e. The molecule has 2 amide bonds. The van der Waals surface area contributed by atoms with Crippen LogP contribution >= 0.6 is 11.6 Å². The Morgan fingerprint density at radius 2 is 1.94 bits per heavy atom. The molecular formula is C36H46ClN3O7S. The summed E-state index contributed by atoms with van der Waals surface area (Å²) in [6, 6.07) is 11.0. The molecular weight excluding hydrogens is 654 g/mol. The van der Waals surface area contributed by atoms with Crippen molar-refractivity contribution < 1.29 is 33.0 Å². The summed E-state index contributed by atoms with van der Waals surface area (Å²) in [7, 11) is -1.00. The zero-order valence-electron chi connectivity index (χ0n) is 28.0. The van der Waals surface area contributed by atoms with Crippen LogP contribution in [0.2, 0.25) is 5.02 Å². The molecule has 260 valence electrons. The Kier molecular flexibility index (Phi) is 9.38. The van der Waals surface area contributed by atoms with Gasteiger partial charge in [-0.2, -0.15) is 0 Å². The molecule has 2 heterocycles. The Bertz CT molecular complexity index is 1730. The van der Waals surface area contributed by atoms with Crippen molar-refractivity contribution >= 4 is 39.1 Å². The summed E-state index contributed by atoms with van der Waals surface area (Å²) >= 11 is 6.41. The number of amides is 2. The number of carbonyl (C=O) groups excluding carboxylic acids is 2. The molecule has 6 rings (SSSR count). The van der Waals surface area contributed by atoms with E-state index in [-0.39, 0.29) is 17.9 Å². The first kappa shape index (κ1) is 34.7. The molecule has 3 N–H and O–H groups in total. The van der Waals surface area contributed by atoms with Crippen LogP contribution in [-0.2, 0) is 26.7 Å². The summed E-state index contributed by atoms with van der Waals surface area (Å²) in [5, 5.41) is 23.4. The fourth-order valence-corrected chi connectivity index (χ4v) is 9.52. The third-order valence-electron chi connectivity index (χ3n) is 11.3.